The molecular weight excluding hydrogens is 344 g/mol. The summed E-state index contributed by atoms with van der Waals surface area (Å²) in [6.07, 6.45) is 2.36. The molecule has 0 amide bonds. The Morgan fingerprint density at radius 1 is 1.00 bits per heavy atom. The molecule has 0 aliphatic carbocycles. The Morgan fingerprint density at radius 3 is 2.20 bits per heavy atom. The summed E-state index contributed by atoms with van der Waals surface area (Å²) in [5.74, 6) is 0.486. The smallest absolute Gasteiger partial charge is 0.339 e. The van der Waals surface area contributed by atoms with Gasteiger partial charge in [-0.25, -0.2) is 0 Å². The van der Waals surface area contributed by atoms with E-state index in [9.17, 15) is 13.2 Å². The third-order valence-corrected chi connectivity index (χ3v) is 4.78. The maximum atomic E-state index is 12.5. The first-order chi connectivity index (χ1) is 11.9. The Bertz CT molecular complexity index is 841. The molecule has 0 aromatic heterocycles. The van der Waals surface area contributed by atoms with Gasteiger partial charge in [0.1, 0.15) is 4.90 Å². The minimum atomic E-state index is -4.04. The van der Waals surface area contributed by atoms with Crippen molar-refractivity contribution in [3.05, 3.63) is 47.5 Å². The zero-order valence-corrected chi connectivity index (χ0v) is 15.1. The van der Waals surface area contributed by atoms with Crippen molar-refractivity contribution in [3.63, 3.8) is 0 Å². The molecule has 25 heavy (non-hydrogen) atoms. The first-order valence-electron chi connectivity index (χ1n) is 7.52. The van der Waals surface area contributed by atoms with E-state index in [1.807, 2.05) is 6.92 Å². The Labute approximate surface area is 147 Å². The highest BCUT2D eigenvalue weighted by Gasteiger charge is 2.22. The second-order valence-electron chi connectivity index (χ2n) is 5.32. The fourth-order valence-corrected chi connectivity index (χ4v) is 3.18. The quantitative estimate of drug-likeness (QED) is 0.671. The minimum Gasteiger partial charge on any atom is -0.493 e. The fraction of sp³-hybridized carbons (Fsp3) is 0.278. The molecule has 6 nitrogen and oxygen atoms in total. The third-order valence-electron chi connectivity index (χ3n) is 3.53. The second kappa shape index (κ2) is 8.02. The number of benzene rings is 2. The van der Waals surface area contributed by atoms with E-state index in [2.05, 4.69) is 0 Å². The number of aryl methyl sites for hydroxylation is 2. The van der Waals surface area contributed by atoms with Crippen LogP contribution in [0.15, 0.2) is 41.3 Å². The van der Waals surface area contributed by atoms with Crippen LogP contribution in [-0.4, -0.2) is 28.9 Å². The highest BCUT2D eigenvalue weighted by atomic mass is 32.2. The van der Waals surface area contributed by atoms with Gasteiger partial charge in [-0.05, 0) is 43.2 Å². The van der Waals surface area contributed by atoms with Gasteiger partial charge in [-0.15, -0.1) is 0 Å². The summed E-state index contributed by atoms with van der Waals surface area (Å²) in [6.45, 7) is 1.86. The first kappa shape index (κ1) is 18.8. The monoisotopic (exact) mass is 363 g/mol. The molecule has 1 radical (unpaired) electrons. The number of carbonyl (C=O) groups excluding carboxylic acids is 1. The highest BCUT2D eigenvalue weighted by Crippen LogP contribution is 2.40. The van der Waals surface area contributed by atoms with Crippen LogP contribution in [0.2, 0.25) is 0 Å². The number of hydrogen-bond donors (Lipinski definition) is 0. The van der Waals surface area contributed by atoms with Gasteiger partial charge in [0.15, 0.2) is 17.8 Å². The van der Waals surface area contributed by atoms with Gasteiger partial charge in [0.2, 0.25) is 5.75 Å². The minimum absolute atomic E-state index is 0.00308. The Kier molecular flexibility index (Phi) is 6.03. The molecule has 0 atom stereocenters. The van der Waals surface area contributed by atoms with Crippen LogP contribution >= 0.6 is 0 Å². The normalized spacial score (nSPS) is 11.0. The fourth-order valence-electron chi connectivity index (χ4n) is 2.26. The summed E-state index contributed by atoms with van der Waals surface area (Å²) in [7, 11) is -1.21. The van der Waals surface area contributed by atoms with Crippen LogP contribution in [-0.2, 0) is 21.3 Å². The third kappa shape index (κ3) is 4.51. The van der Waals surface area contributed by atoms with Gasteiger partial charge in [-0.3, -0.25) is 4.79 Å². The van der Waals surface area contributed by atoms with Crippen LogP contribution < -0.4 is 13.7 Å². The molecular formula is C18H19O6S. The zero-order chi connectivity index (χ0) is 18.4. The van der Waals surface area contributed by atoms with Crippen LogP contribution in [0, 0.1) is 6.92 Å². The molecule has 0 N–H and O–H groups in total. The summed E-state index contributed by atoms with van der Waals surface area (Å²) in [6, 6.07) is 9.50. The topological polar surface area (TPSA) is 78.9 Å². The van der Waals surface area contributed by atoms with Crippen LogP contribution in [0.5, 0.6) is 17.2 Å². The molecule has 0 spiro atoms. The van der Waals surface area contributed by atoms with Gasteiger partial charge in [-0.2, -0.15) is 8.42 Å². The zero-order valence-electron chi connectivity index (χ0n) is 14.2. The van der Waals surface area contributed by atoms with Gasteiger partial charge < -0.3 is 13.7 Å². The Morgan fingerprint density at radius 2 is 1.64 bits per heavy atom. The molecule has 2 aromatic carbocycles. The van der Waals surface area contributed by atoms with Gasteiger partial charge in [0, 0.05) is 6.42 Å². The van der Waals surface area contributed by atoms with E-state index >= 15 is 0 Å². The Hall–Kier alpha value is -2.54. The van der Waals surface area contributed by atoms with Crippen LogP contribution in [0.3, 0.4) is 0 Å². The standard InChI is InChI=1S/C18H19O6S/c1-13-6-8-15(9-7-13)25(20,21)24-17-12-14(5-4-10-19)11-16(22-2)18(17)23-3/h6-9,11-12H,4-5H2,1-3H3. The van der Waals surface area contributed by atoms with E-state index in [1.165, 1.54) is 32.4 Å². The molecule has 133 valence electrons. The lowest BCUT2D eigenvalue weighted by atomic mass is 10.1. The SMILES string of the molecule is COc1cc(CC[C]=O)cc(OS(=O)(=O)c2ccc(C)cc2)c1OC. The number of rotatable bonds is 8. The van der Waals surface area contributed by atoms with E-state index < -0.39 is 10.1 Å². The predicted molar refractivity (Wildman–Crippen MR) is 92.6 cm³/mol. The van der Waals surface area contributed by atoms with E-state index in [1.54, 1.807) is 24.5 Å². The summed E-state index contributed by atoms with van der Waals surface area (Å²) in [5, 5.41) is 0. The van der Waals surface area contributed by atoms with E-state index in [4.69, 9.17) is 13.7 Å². The van der Waals surface area contributed by atoms with Crippen molar-refractivity contribution in [1.29, 1.82) is 0 Å². The van der Waals surface area contributed by atoms with Crippen molar-refractivity contribution in [2.45, 2.75) is 24.7 Å². The maximum Gasteiger partial charge on any atom is 0.339 e. The molecule has 2 aromatic rings. The molecule has 0 heterocycles. The highest BCUT2D eigenvalue weighted by molar-refractivity contribution is 7.87. The average Bonchev–Trinajstić information content (AvgIpc) is 2.59. The lowest BCUT2D eigenvalue weighted by molar-refractivity contribution is 0.342. The van der Waals surface area contributed by atoms with Crippen molar-refractivity contribution in [3.8, 4) is 17.2 Å². The van der Waals surface area contributed by atoms with Gasteiger partial charge in [0.25, 0.3) is 0 Å². The molecule has 7 heteroatoms. The van der Waals surface area contributed by atoms with Crippen molar-refractivity contribution in [1.82, 2.24) is 0 Å². The molecule has 2 rings (SSSR count). The predicted octanol–water partition coefficient (Wildman–Crippen LogP) is 2.82. The average molecular weight is 363 g/mol. The summed E-state index contributed by atoms with van der Waals surface area (Å²) < 4.78 is 40.8. The first-order valence-corrected chi connectivity index (χ1v) is 8.93. The molecule has 0 saturated heterocycles. The van der Waals surface area contributed by atoms with Gasteiger partial charge >= 0.3 is 10.1 Å². The van der Waals surface area contributed by atoms with Crippen LogP contribution in [0.4, 0.5) is 0 Å². The molecule has 0 aliphatic rings. The largest absolute Gasteiger partial charge is 0.493 e. The lowest BCUT2D eigenvalue weighted by Gasteiger charge is -2.15. The van der Waals surface area contributed by atoms with E-state index in [0.29, 0.717) is 17.7 Å². The summed E-state index contributed by atoms with van der Waals surface area (Å²) in [5.41, 5.74) is 1.61. The number of ether oxygens (including phenoxy) is 2. The summed E-state index contributed by atoms with van der Waals surface area (Å²) in [4.78, 5) is 10.5. The van der Waals surface area contributed by atoms with Gasteiger partial charge in [0.05, 0.1) is 14.2 Å². The molecule has 0 unspecified atom stereocenters. The van der Waals surface area contributed by atoms with Crippen LogP contribution in [0.25, 0.3) is 0 Å². The molecule has 0 saturated carbocycles. The Balaban J connectivity index is 2.45. The van der Waals surface area contributed by atoms with Crippen LogP contribution in [0.1, 0.15) is 17.5 Å². The van der Waals surface area contributed by atoms with Crippen molar-refractivity contribution in [2.24, 2.45) is 0 Å². The van der Waals surface area contributed by atoms with E-state index in [-0.39, 0.29) is 22.8 Å². The van der Waals surface area contributed by atoms with Crippen molar-refractivity contribution >= 4 is 16.4 Å². The van der Waals surface area contributed by atoms with Gasteiger partial charge in [-0.1, -0.05) is 17.7 Å². The molecule has 0 bridgehead atoms. The molecule has 0 fully saturated rings. The van der Waals surface area contributed by atoms with Crippen molar-refractivity contribution in [2.75, 3.05) is 14.2 Å². The second-order valence-corrected chi connectivity index (χ2v) is 6.87. The lowest BCUT2D eigenvalue weighted by Crippen LogP contribution is -2.11. The maximum absolute atomic E-state index is 12.5. The van der Waals surface area contributed by atoms with Crippen molar-refractivity contribution < 1.29 is 26.9 Å². The summed E-state index contributed by atoms with van der Waals surface area (Å²) >= 11 is 0. The number of hydrogen-bond acceptors (Lipinski definition) is 6. The molecule has 0 aliphatic heterocycles. The number of methoxy groups -OCH3 is 2. The van der Waals surface area contributed by atoms with E-state index in [0.717, 1.165) is 5.56 Å².